The molecule has 1 fully saturated rings. The molecule has 0 aromatic rings. The summed E-state index contributed by atoms with van der Waals surface area (Å²) < 4.78 is 0. The molecule has 1 rings (SSSR count). The summed E-state index contributed by atoms with van der Waals surface area (Å²) in [7, 11) is 0. The number of likely N-dealkylation sites (N-methyl/N-ethyl adjacent to an activating group) is 1. The largest absolute Gasteiger partial charge is 0.392 e. The Morgan fingerprint density at radius 1 is 1.44 bits per heavy atom. The molecule has 3 N–H and O–H groups in total. The van der Waals surface area contributed by atoms with Crippen LogP contribution in [0.5, 0.6) is 0 Å². The number of hydrogen-bond acceptors (Lipinski definition) is 3. The molecule has 6 heteroatoms. The average molecular weight is 271 g/mol. The topological polar surface area (TPSA) is 75.4 Å². The fourth-order valence-electron chi connectivity index (χ4n) is 1.86. The standard InChI is InChI=1S/C12H21N3O2S/c1-4-15(7-9(16)14-8(2)3)11(17)12(5-6-12)10(13)18/h8H,4-7H2,1-3H3,(H2,13,18)(H,14,16). The molecule has 0 bridgehead atoms. The lowest BCUT2D eigenvalue weighted by Gasteiger charge is -2.25. The van der Waals surface area contributed by atoms with Crippen molar-refractivity contribution < 1.29 is 9.59 Å². The normalized spacial score (nSPS) is 16.2. The SMILES string of the molecule is CCN(CC(=O)NC(C)C)C(=O)C1(C(N)=S)CC1. The minimum absolute atomic E-state index is 0.0665. The van der Waals surface area contributed by atoms with Crippen LogP contribution in [0.25, 0.3) is 0 Å². The van der Waals surface area contributed by atoms with E-state index in [9.17, 15) is 9.59 Å². The second kappa shape index (κ2) is 5.65. The molecule has 0 unspecified atom stereocenters. The number of carbonyl (C=O) groups is 2. The van der Waals surface area contributed by atoms with Crippen LogP contribution in [0.1, 0.15) is 33.6 Å². The molecule has 0 spiro atoms. The quantitative estimate of drug-likeness (QED) is 0.687. The minimum Gasteiger partial charge on any atom is -0.392 e. The van der Waals surface area contributed by atoms with E-state index in [1.165, 1.54) is 4.90 Å². The van der Waals surface area contributed by atoms with Crippen molar-refractivity contribution in [2.45, 2.75) is 39.7 Å². The Balaban J connectivity index is 2.64. The molecular formula is C12H21N3O2S. The zero-order valence-electron chi connectivity index (χ0n) is 11.2. The first-order valence-electron chi connectivity index (χ1n) is 6.22. The molecule has 1 aliphatic rings. The molecular weight excluding hydrogens is 250 g/mol. The lowest BCUT2D eigenvalue weighted by Crippen LogP contribution is -2.47. The highest BCUT2D eigenvalue weighted by atomic mass is 32.1. The van der Waals surface area contributed by atoms with Gasteiger partial charge in [0.05, 0.1) is 16.9 Å². The van der Waals surface area contributed by atoms with Gasteiger partial charge in [0, 0.05) is 12.6 Å². The van der Waals surface area contributed by atoms with Gasteiger partial charge >= 0.3 is 0 Å². The molecule has 0 saturated heterocycles. The Morgan fingerprint density at radius 3 is 2.33 bits per heavy atom. The van der Waals surface area contributed by atoms with Gasteiger partial charge in [-0.3, -0.25) is 9.59 Å². The van der Waals surface area contributed by atoms with E-state index >= 15 is 0 Å². The van der Waals surface area contributed by atoms with Gasteiger partial charge < -0.3 is 16.0 Å². The van der Waals surface area contributed by atoms with E-state index in [1.54, 1.807) is 0 Å². The third-order valence-corrected chi connectivity index (χ3v) is 3.47. The first-order chi connectivity index (χ1) is 8.33. The van der Waals surface area contributed by atoms with Crippen LogP contribution in [-0.4, -0.2) is 40.8 Å². The van der Waals surface area contributed by atoms with Crippen molar-refractivity contribution >= 4 is 29.0 Å². The summed E-state index contributed by atoms with van der Waals surface area (Å²) in [5.74, 6) is -0.268. The van der Waals surface area contributed by atoms with Crippen LogP contribution >= 0.6 is 12.2 Å². The van der Waals surface area contributed by atoms with Gasteiger partial charge in [0.25, 0.3) is 0 Å². The van der Waals surface area contributed by atoms with Gasteiger partial charge in [-0.2, -0.15) is 0 Å². The minimum atomic E-state index is -0.677. The van der Waals surface area contributed by atoms with E-state index in [0.717, 1.165) is 0 Å². The van der Waals surface area contributed by atoms with Crippen molar-refractivity contribution in [2.24, 2.45) is 11.1 Å². The highest BCUT2D eigenvalue weighted by molar-refractivity contribution is 7.80. The number of carbonyl (C=O) groups excluding carboxylic acids is 2. The Hall–Kier alpha value is -1.17. The fourth-order valence-corrected chi connectivity index (χ4v) is 2.15. The number of nitrogens with zero attached hydrogens (tertiary/aromatic N) is 1. The number of rotatable bonds is 6. The van der Waals surface area contributed by atoms with Gasteiger partial charge in [0.2, 0.25) is 11.8 Å². The molecule has 0 radical (unpaired) electrons. The summed E-state index contributed by atoms with van der Waals surface area (Å²) in [6.07, 6.45) is 1.40. The molecule has 0 aliphatic heterocycles. The fraction of sp³-hybridized carbons (Fsp3) is 0.750. The predicted octanol–water partition coefficient (Wildman–Crippen LogP) is 0.426. The number of hydrogen-bond donors (Lipinski definition) is 2. The van der Waals surface area contributed by atoms with E-state index in [0.29, 0.717) is 19.4 Å². The van der Waals surface area contributed by atoms with Crippen molar-refractivity contribution in [3.63, 3.8) is 0 Å². The molecule has 2 amide bonds. The van der Waals surface area contributed by atoms with Crippen molar-refractivity contribution in [3.05, 3.63) is 0 Å². The maximum atomic E-state index is 12.3. The summed E-state index contributed by atoms with van der Waals surface area (Å²) in [4.78, 5) is 25.7. The summed E-state index contributed by atoms with van der Waals surface area (Å²) in [6, 6.07) is 0.0665. The molecule has 18 heavy (non-hydrogen) atoms. The average Bonchev–Trinajstić information content (AvgIpc) is 3.04. The smallest absolute Gasteiger partial charge is 0.239 e. The van der Waals surface area contributed by atoms with Crippen LogP contribution in [-0.2, 0) is 9.59 Å². The van der Waals surface area contributed by atoms with Gasteiger partial charge in [-0.15, -0.1) is 0 Å². The summed E-state index contributed by atoms with van der Waals surface area (Å²) in [6.45, 7) is 6.16. The Kier molecular flexibility index (Phi) is 4.67. The zero-order valence-corrected chi connectivity index (χ0v) is 12.0. The summed E-state index contributed by atoms with van der Waals surface area (Å²) in [5.41, 5.74) is 4.94. The van der Waals surface area contributed by atoms with Crippen molar-refractivity contribution in [1.29, 1.82) is 0 Å². The summed E-state index contributed by atoms with van der Waals surface area (Å²) in [5, 5.41) is 2.77. The third kappa shape index (κ3) is 3.19. The lowest BCUT2D eigenvalue weighted by atomic mass is 10.1. The number of nitrogens with two attached hydrogens (primary N) is 1. The monoisotopic (exact) mass is 271 g/mol. The van der Waals surface area contributed by atoms with Gasteiger partial charge in [0.1, 0.15) is 0 Å². The first-order valence-corrected chi connectivity index (χ1v) is 6.63. The third-order valence-electron chi connectivity index (χ3n) is 3.08. The maximum absolute atomic E-state index is 12.3. The second-order valence-corrected chi connectivity index (χ2v) is 5.43. The van der Waals surface area contributed by atoms with Crippen molar-refractivity contribution in [3.8, 4) is 0 Å². The molecule has 0 atom stereocenters. The van der Waals surface area contributed by atoms with E-state index in [1.807, 2.05) is 20.8 Å². The molecule has 1 aliphatic carbocycles. The molecule has 102 valence electrons. The number of nitrogens with one attached hydrogen (secondary N) is 1. The maximum Gasteiger partial charge on any atom is 0.239 e. The van der Waals surface area contributed by atoms with Crippen LogP contribution in [0.2, 0.25) is 0 Å². The van der Waals surface area contributed by atoms with E-state index in [2.05, 4.69) is 5.32 Å². The highest BCUT2D eigenvalue weighted by Gasteiger charge is 2.54. The van der Waals surface area contributed by atoms with Crippen molar-refractivity contribution in [1.82, 2.24) is 10.2 Å². The van der Waals surface area contributed by atoms with Crippen LogP contribution in [0.3, 0.4) is 0 Å². The predicted molar refractivity (Wildman–Crippen MR) is 74.0 cm³/mol. The number of amides is 2. The van der Waals surface area contributed by atoms with Crippen LogP contribution in [0.15, 0.2) is 0 Å². The van der Waals surface area contributed by atoms with Gasteiger partial charge in [-0.25, -0.2) is 0 Å². The molecule has 1 saturated carbocycles. The van der Waals surface area contributed by atoms with E-state index < -0.39 is 5.41 Å². The van der Waals surface area contributed by atoms with Crippen molar-refractivity contribution in [2.75, 3.05) is 13.1 Å². The Bertz CT molecular complexity index is 364. The summed E-state index contributed by atoms with van der Waals surface area (Å²) >= 11 is 4.95. The van der Waals surface area contributed by atoms with Gasteiger partial charge in [0.15, 0.2) is 0 Å². The van der Waals surface area contributed by atoms with Gasteiger partial charge in [-0.05, 0) is 33.6 Å². The molecule has 0 aromatic heterocycles. The van der Waals surface area contributed by atoms with Gasteiger partial charge in [-0.1, -0.05) is 12.2 Å². The highest BCUT2D eigenvalue weighted by Crippen LogP contribution is 2.47. The van der Waals surface area contributed by atoms with E-state index in [-0.39, 0.29) is 29.4 Å². The molecule has 5 nitrogen and oxygen atoms in total. The van der Waals surface area contributed by atoms with Crippen LogP contribution in [0, 0.1) is 5.41 Å². The van der Waals surface area contributed by atoms with Crippen LogP contribution < -0.4 is 11.1 Å². The Morgan fingerprint density at radius 2 is 2.00 bits per heavy atom. The second-order valence-electron chi connectivity index (χ2n) is 4.99. The Labute approximate surface area is 113 Å². The first kappa shape index (κ1) is 14.9. The van der Waals surface area contributed by atoms with E-state index in [4.69, 9.17) is 18.0 Å². The lowest BCUT2D eigenvalue weighted by molar-refractivity contribution is -0.138. The number of thiocarbonyl (C=S) groups is 1. The van der Waals surface area contributed by atoms with Crippen LogP contribution in [0.4, 0.5) is 0 Å². The zero-order chi connectivity index (χ0) is 13.9. The molecule has 0 heterocycles. The molecule has 0 aromatic carbocycles.